The van der Waals surface area contributed by atoms with Crippen LogP contribution in [0, 0.1) is 0 Å². The van der Waals surface area contributed by atoms with Crippen LogP contribution in [0.4, 0.5) is 4.79 Å². The topological polar surface area (TPSA) is 32.8 Å². The predicted octanol–water partition coefficient (Wildman–Crippen LogP) is 5.17. The zero-order valence-electron chi connectivity index (χ0n) is 17.1. The molecular formula is C23H29ClN2O2. The van der Waals surface area contributed by atoms with Crippen molar-refractivity contribution < 1.29 is 9.53 Å². The first-order valence-corrected chi connectivity index (χ1v) is 10.1. The molecule has 3 rings (SSSR count). The number of halogens is 1. The second-order valence-electron chi connectivity index (χ2n) is 8.50. The third kappa shape index (κ3) is 5.27. The fourth-order valence-corrected chi connectivity index (χ4v) is 3.86. The molecule has 0 unspecified atom stereocenters. The molecule has 0 radical (unpaired) electrons. The highest BCUT2D eigenvalue weighted by atomic mass is 35.5. The normalized spacial score (nSPS) is 20.2. The third-order valence-electron chi connectivity index (χ3n) is 5.09. The van der Waals surface area contributed by atoms with Gasteiger partial charge in [-0.15, -0.1) is 0 Å². The van der Waals surface area contributed by atoms with E-state index in [2.05, 4.69) is 41.3 Å². The highest BCUT2D eigenvalue weighted by Crippen LogP contribution is 2.33. The Morgan fingerprint density at radius 3 is 2.36 bits per heavy atom. The summed E-state index contributed by atoms with van der Waals surface area (Å²) < 4.78 is 5.62. The number of benzene rings is 2. The summed E-state index contributed by atoms with van der Waals surface area (Å²) in [5.41, 5.74) is 1.96. The van der Waals surface area contributed by atoms with Gasteiger partial charge in [-0.1, -0.05) is 54.1 Å². The summed E-state index contributed by atoms with van der Waals surface area (Å²) in [5.74, 6) is 0.207. The molecule has 0 aliphatic carbocycles. The van der Waals surface area contributed by atoms with Crippen molar-refractivity contribution in [1.82, 2.24) is 9.80 Å². The van der Waals surface area contributed by atoms with Crippen LogP contribution in [0.2, 0.25) is 5.02 Å². The Hall–Kier alpha value is -2.04. The zero-order chi connectivity index (χ0) is 20.3. The Bertz CT molecular complexity index is 786. The number of ether oxygens (including phenoxy) is 1. The van der Waals surface area contributed by atoms with E-state index in [0.717, 1.165) is 24.7 Å². The number of nitrogens with zero attached hydrogens (tertiary/aromatic N) is 2. The third-order valence-corrected chi connectivity index (χ3v) is 5.34. The maximum absolute atomic E-state index is 12.7. The molecule has 0 saturated carbocycles. The molecule has 0 aromatic heterocycles. The highest BCUT2D eigenvalue weighted by Gasteiger charge is 2.39. The molecule has 28 heavy (non-hydrogen) atoms. The maximum Gasteiger partial charge on any atom is 0.410 e. The van der Waals surface area contributed by atoms with Gasteiger partial charge in [0.15, 0.2) is 0 Å². The summed E-state index contributed by atoms with van der Waals surface area (Å²) in [7, 11) is 1.84. The Balaban J connectivity index is 1.81. The molecule has 150 valence electrons. The average Bonchev–Trinajstić information content (AvgIpc) is 3.04. The van der Waals surface area contributed by atoms with Gasteiger partial charge >= 0.3 is 6.09 Å². The second kappa shape index (κ2) is 8.54. The lowest BCUT2D eigenvalue weighted by Gasteiger charge is -2.31. The number of carbonyl (C=O) groups is 1. The van der Waals surface area contributed by atoms with Crippen molar-refractivity contribution in [2.45, 2.75) is 44.9 Å². The van der Waals surface area contributed by atoms with E-state index in [0.29, 0.717) is 0 Å². The lowest BCUT2D eigenvalue weighted by atomic mass is 9.93. The van der Waals surface area contributed by atoms with Crippen LogP contribution in [0.15, 0.2) is 54.6 Å². The van der Waals surface area contributed by atoms with Crippen molar-refractivity contribution in [3.05, 3.63) is 70.7 Å². The summed E-state index contributed by atoms with van der Waals surface area (Å²) >= 11 is 6.08. The molecule has 2 aromatic carbocycles. The minimum Gasteiger partial charge on any atom is -0.444 e. The Labute approximate surface area is 173 Å². The number of carbonyl (C=O) groups excluding carboxylic acids is 1. The standard InChI is InChI=1S/C23H29ClN2O2/c1-23(2,3)28-22(27)25(4)21-16-26(14-17-8-6-5-7-9-17)15-20(21)18-10-12-19(24)13-11-18/h5-13,20-21H,14-16H2,1-4H3/t20-,21+/m1/s1. The molecule has 1 aliphatic heterocycles. The molecule has 0 spiro atoms. The van der Waals surface area contributed by atoms with Crippen LogP contribution < -0.4 is 0 Å². The summed E-state index contributed by atoms with van der Waals surface area (Å²) in [6, 6.07) is 18.4. The smallest absolute Gasteiger partial charge is 0.410 e. The quantitative estimate of drug-likeness (QED) is 0.709. The molecule has 2 aromatic rings. The van der Waals surface area contributed by atoms with Gasteiger partial charge < -0.3 is 9.64 Å². The first-order valence-electron chi connectivity index (χ1n) is 9.70. The molecule has 5 heteroatoms. The zero-order valence-corrected chi connectivity index (χ0v) is 17.8. The minimum absolute atomic E-state index is 0.0414. The fraction of sp³-hybridized carbons (Fsp3) is 0.435. The van der Waals surface area contributed by atoms with Crippen LogP contribution in [0.5, 0.6) is 0 Å². The van der Waals surface area contributed by atoms with E-state index in [9.17, 15) is 4.79 Å². The highest BCUT2D eigenvalue weighted by molar-refractivity contribution is 6.30. The molecule has 0 N–H and O–H groups in total. The first kappa shape index (κ1) is 20.7. The molecule has 4 nitrogen and oxygen atoms in total. The van der Waals surface area contributed by atoms with E-state index in [-0.39, 0.29) is 18.1 Å². The van der Waals surface area contributed by atoms with Crippen molar-refractivity contribution in [3.8, 4) is 0 Å². The van der Waals surface area contributed by atoms with Crippen LogP contribution >= 0.6 is 11.6 Å². The number of amides is 1. The van der Waals surface area contributed by atoms with Crippen molar-refractivity contribution in [2.24, 2.45) is 0 Å². The van der Waals surface area contributed by atoms with E-state index in [4.69, 9.17) is 16.3 Å². The second-order valence-corrected chi connectivity index (χ2v) is 8.93. The van der Waals surface area contributed by atoms with E-state index in [1.54, 1.807) is 4.90 Å². The average molecular weight is 401 g/mol. The molecule has 1 fully saturated rings. The fourth-order valence-electron chi connectivity index (χ4n) is 3.74. The summed E-state index contributed by atoms with van der Waals surface area (Å²) in [6.45, 7) is 8.24. The van der Waals surface area contributed by atoms with Crippen molar-refractivity contribution >= 4 is 17.7 Å². The number of likely N-dealkylation sites (N-methyl/N-ethyl adjacent to an activating group) is 1. The summed E-state index contributed by atoms with van der Waals surface area (Å²) in [4.78, 5) is 16.9. The van der Waals surface area contributed by atoms with Gasteiger partial charge in [0.1, 0.15) is 5.60 Å². The molecule has 2 atom stereocenters. The van der Waals surface area contributed by atoms with E-state index in [1.807, 2.05) is 46.0 Å². The van der Waals surface area contributed by atoms with E-state index < -0.39 is 5.60 Å². The van der Waals surface area contributed by atoms with Gasteiger partial charge in [-0.05, 0) is 44.0 Å². The number of hydrogen-bond acceptors (Lipinski definition) is 3. The van der Waals surface area contributed by atoms with Gasteiger partial charge in [0.05, 0.1) is 6.04 Å². The lowest BCUT2D eigenvalue weighted by Crippen LogP contribution is -2.44. The van der Waals surface area contributed by atoms with E-state index in [1.165, 1.54) is 11.1 Å². The molecule has 1 amide bonds. The van der Waals surface area contributed by atoms with Gasteiger partial charge in [-0.25, -0.2) is 4.79 Å². The Morgan fingerprint density at radius 2 is 1.75 bits per heavy atom. The molecule has 0 bridgehead atoms. The minimum atomic E-state index is -0.510. The predicted molar refractivity (Wildman–Crippen MR) is 114 cm³/mol. The van der Waals surface area contributed by atoms with E-state index >= 15 is 0 Å². The Kier molecular flexibility index (Phi) is 6.31. The van der Waals surface area contributed by atoms with Gasteiger partial charge in [0, 0.05) is 37.6 Å². The Morgan fingerprint density at radius 1 is 1.11 bits per heavy atom. The summed E-state index contributed by atoms with van der Waals surface area (Å²) in [6.07, 6.45) is -0.280. The first-order chi connectivity index (χ1) is 13.2. The van der Waals surface area contributed by atoms with Crippen molar-refractivity contribution in [2.75, 3.05) is 20.1 Å². The van der Waals surface area contributed by atoms with Gasteiger partial charge in [-0.2, -0.15) is 0 Å². The largest absolute Gasteiger partial charge is 0.444 e. The maximum atomic E-state index is 12.7. The number of hydrogen-bond donors (Lipinski definition) is 0. The molecule has 1 heterocycles. The van der Waals surface area contributed by atoms with Crippen LogP contribution in [-0.4, -0.2) is 47.7 Å². The SMILES string of the molecule is CN(C(=O)OC(C)(C)C)[C@H]1CN(Cc2ccccc2)C[C@@H]1c1ccc(Cl)cc1. The lowest BCUT2D eigenvalue weighted by molar-refractivity contribution is 0.0217. The number of likely N-dealkylation sites (tertiary alicyclic amines) is 1. The summed E-state index contributed by atoms with van der Waals surface area (Å²) in [5, 5.41) is 0.722. The van der Waals surface area contributed by atoms with Gasteiger partial charge in [-0.3, -0.25) is 4.90 Å². The van der Waals surface area contributed by atoms with Crippen molar-refractivity contribution in [3.63, 3.8) is 0 Å². The van der Waals surface area contributed by atoms with Crippen LogP contribution in [0.3, 0.4) is 0 Å². The van der Waals surface area contributed by atoms with Crippen LogP contribution in [-0.2, 0) is 11.3 Å². The van der Waals surface area contributed by atoms with Gasteiger partial charge in [0.2, 0.25) is 0 Å². The monoisotopic (exact) mass is 400 g/mol. The van der Waals surface area contributed by atoms with Crippen LogP contribution in [0.1, 0.15) is 37.8 Å². The molecular weight excluding hydrogens is 372 g/mol. The molecule has 1 saturated heterocycles. The molecule has 1 aliphatic rings. The van der Waals surface area contributed by atoms with Gasteiger partial charge in [0.25, 0.3) is 0 Å². The number of rotatable bonds is 4. The van der Waals surface area contributed by atoms with Crippen molar-refractivity contribution in [1.29, 1.82) is 0 Å². The van der Waals surface area contributed by atoms with Crippen LogP contribution in [0.25, 0.3) is 0 Å².